The van der Waals surface area contributed by atoms with Gasteiger partial charge in [-0.05, 0) is 40.8 Å². The van der Waals surface area contributed by atoms with Gasteiger partial charge in [0.05, 0.1) is 18.7 Å². The van der Waals surface area contributed by atoms with Gasteiger partial charge >= 0.3 is 0 Å². The number of pyridine rings is 1. The highest BCUT2D eigenvalue weighted by atomic mass is 35.5. The predicted octanol–water partition coefficient (Wildman–Crippen LogP) is 4.66. The quantitative estimate of drug-likeness (QED) is 0.546. The lowest BCUT2D eigenvalue weighted by Gasteiger charge is -2.19. The van der Waals surface area contributed by atoms with E-state index in [1.54, 1.807) is 12.3 Å². The van der Waals surface area contributed by atoms with E-state index >= 15 is 0 Å². The first-order chi connectivity index (χ1) is 14.7. The summed E-state index contributed by atoms with van der Waals surface area (Å²) in [5.74, 6) is 0.495. The van der Waals surface area contributed by atoms with Crippen LogP contribution in [0.3, 0.4) is 0 Å². The molecule has 6 heteroatoms. The van der Waals surface area contributed by atoms with E-state index in [2.05, 4.69) is 38.2 Å². The van der Waals surface area contributed by atoms with Crippen molar-refractivity contribution in [2.45, 2.75) is 32.7 Å². The van der Waals surface area contributed by atoms with Crippen molar-refractivity contribution in [2.24, 2.45) is 0 Å². The minimum atomic E-state index is -0.264. The van der Waals surface area contributed by atoms with Crippen molar-refractivity contribution >= 4 is 17.5 Å². The van der Waals surface area contributed by atoms with Crippen molar-refractivity contribution in [1.82, 2.24) is 9.88 Å². The molecule has 0 saturated carbocycles. The molecule has 0 aliphatic rings. The van der Waals surface area contributed by atoms with E-state index in [-0.39, 0.29) is 16.9 Å². The Balaban J connectivity index is 1.55. The zero-order valence-corrected chi connectivity index (χ0v) is 18.8. The van der Waals surface area contributed by atoms with Crippen LogP contribution in [0.2, 0.25) is 5.02 Å². The lowest BCUT2D eigenvalue weighted by molar-refractivity contribution is 0.0946. The summed E-state index contributed by atoms with van der Waals surface area (Å²) in [6.45, 7) is 7.48. The van der Waals surface area contributed by atoms with Crippen molar-refractivity contribution in [2.75, 3.05) is 13.2 Å². The molecule has 0 radical (unpaired) electrons. The van der Waals surface area contributed by atoms with Crippen LogP contribution in [0.4, 0.5) is 0 Å². The molecule has 3 aromatic rings. The number of ether oxygens (including phenoxy) is 1. The number of hydrogen-bond acceptors (Lipinski definition) is 3. The Kier molecular flexibility index (Phi) is 7.18. The minimum absolute atomic E-state index is 0.0921. The molecule has 0 bridgehead atoms. The molecule has 1 heterocycles. The first-order valence-corrected chi connectivity index (χ1v) is 10.6. The fraction of sp³-hybridized carbons (Fsp3) is 0.280. The second-order valence-electron chi connectivity index (χ2n) is 8.35. The van der Waals surface area contributed by atoms with Gasteiger partial charge in [0.1, 0.15) is 12.4 Å². The fourth-order valence-corrected chi connectivity index (χ4v) is 3.28. The largest absolute Gasteiger partial charge is 0.492 e. The number of rotatable bonds is 7. The summed E-state index contributed by atoms with van der Waals surface area (Å²) in [6, 6.07) is 18.2. The van der Waals surface area contributed by atoms with Crippen LogP contribution in [-0.2, 0) is 12.0 Å². The molecule has 1 aromatic heterocycles. The third-order valence-corrected chi connectivity index (χ3v) is 5.29. The molecule has 0 unspecified atom stereocenters. The molecule has 0 spiro atoms. The molecular formula is C25H27ClN2O3. The summed E-state index contributed by atoms with van der Waals surface area (Å²) >= 11 is 6.19. The summed E-state index contributed by atoms with van der Waals surface area (Å²) in [6.07, 6.45) is 1.55. The summed E-state index contributed by atoms with van der Waals surface area (Å²) in [5.41, 5.74) is 2.35. The molecular weight excluding hydrogens is 412 g/mol. The highest BCUT2D eigenvalue weighted by Crippen LogP contribution is 2.24. The van der Waals surface area contributed by atoms with Crippen LogP contribution in [0, 0.1) is 0 Å². The monoisotopic (exact) mass is 438 g/mol. The van der Waals surface area contributed by atoms with Crippen LogP contribution < -0.4 is 15.6 Å². The molecule has 3 rings (SSSR count). The van der Waals surface area contributed by atoms with E-state index in [0.29, 0.717) is 30.3 Å². The molecule has 1 N–H and O–H groups in total. The average molecular weight is 439 g/mol. The van der Waals surface area contributed by atoms with Gasteiger partial charge in [0.25, 0.3) is 11.5 Å². The van der Waals surface area contributed by atoms with Crippen LogP contribution in [0.5, 0.6) is 5.75 Å². The van der Waals surface area contributed by atoms with Gasteiger partial charge < -0.3 is 14.6 Å². The third-order valence-electron chi connectivity index (χ3n) is 4.92. The van der Waals surface area contributed by atoms with Crippen LogP contribution in [0.15, 0.2) is 71.7 Å². The Labute approximate surface area is 187 Å². The van der Waals surface area contributed by atoms with Crippen LogP contribution >= 0.6 is 11.6 Å². The molecule has 0 aliphatic heterocycles. The first-order valence-electron chi connectivity index (χ1n) is 10.2. The van der Waals surface area contributed by atoms with Gasteiger partial charge in [-0.1, -0.05) is 62.7 Å². The molecule has 2 aromatic carbocycles. The number of nitrogens with one attached hydrogen (secondary N) is 1. The van der Waals surface area contributed by atoms with Gasteiger partial charge in [-0.15, -0.1) is 0 Å². The van der Waals surface area contributed by atoms with E-state index in [1.165, 1.54) is 22.3 Å². The van der Waals surface area contributed by atoms with Crippen molar-refractivity contribution in [3.05, 3.63) is 98.9 Å². The lowest BCUT2D eigenvalue weighted by Crippen LogP contribution is -2.30. The van der Waals surface area contributed by atoms with Crippen molar-refractivity contribution in [3.8, 4) is 5.75 Å². The number of carbonyl (C=O) groups is 1. The van der Waals surface area contributed by atoms with Gasteiger partial charge in [-0.2, -0.15) is 0 Å². The Hall–Kier alpha value is -3.05. The number of benzene rings is 2. The van der Waals surface area contributed by atoms with Gasteiger partial charge in [0, 0.05) is 17.3 Å². The van der Waals surface area contributed by atoms with E-state index in [1.807, 2.05) is 30.3 Å². The number of amides is 1. The Morgan fingerprint density at radius 1 is 1.03 bits per heavy atom. The minimum Gasteiger partial charge on any atom is -0.492 e. The Bertz CT molecular complexity index is 1100. The zero-order chi connectivity index (χ0) is 22.4. The number of aromatic nitrogens is 1. The van der Waals surface area contributed by atoms with E-state index in [9.17, 15) is 9.59 Å². The maximum Gasteiger partial charge on any atom is 0.252 e. The molecule has 0 aliphatic carbocycles. The molecule has 162 valence electrons. The lowest BCUT2D eigenvalue weighted by atomic mass is 9.87. The smallest absolute Gasteiger partial charge is 0.252 e. The predicted molar refractivity (Wildman–Crippen MR) is 124 cm³/mol. The Morgan fingerprint density at radius 3 is 2.42 bits per heavy atom. The van der Waals surface area contributed by atoms with Gasteiger partial charge in [0.2, 0.25) is 0 Å². The summed E-state index contributed by atoms with van der Waals surface area (Å²) < 4.78 is 7.19. The molecule has 5 nitrogen and oxygen atoms in total. The fourth-order valence-electron chi connectivity index (χ4n) is 3.09. The second-order valence-corrected chi connectivity index (χ2v) is 8.76. The molecule has 31 heavy (non-hydrogen) atoms. The highest BCUT2D eigenvalue weighted by Gasteiger charge is 2.13. The third kappa shape index (κ3) is 6.22. The average Bonchev–Trinajstić information content (AvgIpc) is 2.74. The van der Waals surface area contributed by atoms with Crippen molar-refractivity contribution in [1.29, 1.82) is 0 Å². The van der Waals surface area contributed by atoms with Gasteiger partial charge in [0.15, 0.2) is 0 Å². The topological polar surface area (TPSA) is 60.3 Å². The maximum atomic E-state index is 12.5. The number of halogens is 1. The van der Waals surface area contributed by atoms with Crippen molar-refractivity contribution in [3.63, 3.8) is 0 Å². The standard InChI is InChI=1S/C25H27ClN2O3/c1-25(2,3)20-9-11-21(12-10-20)31-15-14-27-24(30)19-8-13-23(29)28(17-19)16-18-6-4-5-7-22(18)26/h4-13,17H,14-16H2,1-3H3,(H,27,30). The van der Waals surface area contributed by atoms with E-state index in [0.717, 1.165) is 11.3 Å². The molecule has 0 saturated heterocycles. The molecule has 1 amide bonds. The number of carbonyl (C=O) groups excluding carboxylic acids is 1. The highest BCUT2D eigenvalue weighted by molar-refractivity contribution is 6.31. The summed E-state index contributed by atoms with van der Waals surface area (Å²) in [7, 11) is 0. The Morgan fingerprint density at radius 2 is 1.74 bits per heavy atom. The first kappa shape index (κ1) is 22.6. The molecule has 0 fully saturated rings. The van der Waals surface area contributed by atoms with Crippen LogP contribution in [0.1, 0.15) is 42.3 Å². The van der Waals surface area contributed by atoms with Crippen LogP contribution in [0.25, 0.3) is 0 Å². The van der Waals surface area contributed by atoms with Crippen molar-refractivity contribution < 1.29 is 9.53 Å². The van der Waals surface area contributed by atoms with Gasteiger partial charge in [-0.3, -0.25) is 9.59 Å². The zero-order valence-electron chi connectivity index (χ0n) is 18.0. The van der Waals surface area contributed by atoms with E-state index in [4.69, 9.17) is 16.3 Å². The SMILES string of the molecule is CC(C)(C)c1ccc(OCCNC(=O)c2ccc(=O)n(Cc3ccccc3Cl)c2)cc1. The maximum absolute atomic E-state index is 12.5. The normalized spacial score (nSPS) is 11.2. The second kappa shape index (κ2) is 9.84. The molecule has 0 atom stereocenters. The van der Waals surface area contributed by atoms with Gasteiger partial charge in [-0.25, -0.2) is 0 Å². The number of nitrogens with zero attached hydrogens (tertiary/aromatic N) is 1. The number of hydrogen-bond donors (Lipinski definition) is 1. The van der Waals surface area contributed by atoms with E-state index < -0.39 is 0 Å². The summed E-state index contributed by atoms with van der Waals surface area (Å²) in [4.78, 5) is 24.7. The summed E-state index contributed by atoms with van der Waals surface area (Å²) in [5, 5.41) is 3.40. The van der Waals surface area contributed by atoms with Crippen LogP contribution in [-0.4, -0.2) is 23.6 Å².